The summed E-state index contributed by atoms with van der Waals surface area (Å²) in [5.74, 6) is -2.58. The second-order valence-corrected chi connectivity index (χ2v) is 4.98. The number of hydrogen-bond acceptors (Lipinski definition) is 2. The van der Waals surface area contributed by atoms with E-state index in [0.717, 1.165) is 13.1 Å². The highest BCUT2D eigenvalue weighted by atomic mass is 19.3. The molecule has 0 atom stereocenters. The molecule has 0 radical (unpaired) electrons. The molecular formula is C11H22F2N2. The monoisotopic (exact) mass is 220 g/mol. The molecule has 1 rings (SSSR count). The largest absolute Gasteiger partial charge is 0.294 e. The number of alkyl halides is 2. The summed E-state index contributed by atoms with van der Waals surface area (Å²) in [4.78, 5) is 3.73. The van der Waals surface area contributed by atoms with Crippen LogP contribution in [0.25, 0.3) is 0 Å². The van der Waals surface area contributed by atoms with Crippen LogP contribution in [0.4, 0.5) is 8.78 Å². The zero-order chi connectivity index (χ0) is 11.6. The minimum absolute atomic E-state index is 0.103. The average Bonchev–Trinajstić information content (AvgIpc) is 2.23. The fraction of sp³-hybridized carbons (Fsp3) is 1.00. The highest BCUT2D eigenvalue weighted by Crippen LogP contribution is 2.22. The van der Waals surface area contributed by atoms with Crippen LogP contribution in [0.1, 0.15) is 27.7 Å². The van der Waals surface area contributed by atoms with E-state index in [-0.39, 0.29) is 25.2 Å². The van der Waals surface area contributed by atoms with Gasteiger partial charge < -0.3 is 0 Å². The molecule has 0 aliphatic carbocycles. The van der Waals surface area contributed by atoms with Crippen molar-refractivity contribution in [3.05, 3.63) is 0 Å². The van der Waals surface area contributed by atoms with Crippen LogP contribution < -0.4 is 0 Å². The van der Waals surface area contributed by atoms with E-state index in [9.17, 15) is 8.78 Å². The predicted molar refractivity (Wildman–Crippen MR) is 58.4 cm³/mol. The topological polar surface area (TPSA) is 6.48 Å². The van der Waals surface area contributed by atoms with Crippen molar-refractivity contribution in [3.63, 3.8) is 0 Å². The molecule has 0 saturated carbocycles. The van der Waals surface area contributed by atoms with Crippen LogP contribution in [0.5, 0.6) is 0 Å². The van der Waals surface area contributed by atoms with Gasteiger partial charge >= 0.3 is 0 Å². The lowest BCUT2D eigenvalue weighted by molar-refractivity contribution is -0.0461. The number of halogens is 2. The third-order valence-corrected chi connectivity index (χ3v) is 3.00. The molecule has 0 aromatic heterocycles. The van der Waals surface area contributed by atoms with Gasteiger partial charge in [0.05, 0.1) is 13.1 Å². The quantitative estimate of drug-likeness (QED) is 0.703. The van der Waals surface area contributed by atoms with E-state index in [1.807, 2.05) is 37.5 Å². The predicted octanol–water partition coefficient (Wildman–Crippen LogP) is 2.06. The van der Waals surface area contributed by atoms with E-state index < -0.39 is 5.92 Å². The van der Waals surface area contributed by atoms with E-state index >= 15 is 0 Å². The molecule has 90 valence electrons. The highest BCUT2D eigenvalue weighted by molar-refractivity contribution is 4.84. The number of hydrogen-bond donors (Lipinski definition) is 0. The molecule has 1 saturated heterocycles. The Balaban J connectivity index is 2.69. The van der Waals surface area contributed by atoms with Gasteiger partial charge in [-0.1, -0.05) is 0 Å². The van der Waals surface area contributed by atoms with Crippen LogP contribution in [0.3, 0.4) is 0 Å². The van der Waals surface area contributed by atoms with Gasteiger partial charge in [-0.25, -0.2) is 8.78 Å². The molecule has 1 aliphatic heterocycles. The normalized spacial score (nSPS) is 24.8. The Bertz CT molecular complexity index is 185. The van der Waals surface area contributed by atoms with Crippen molar-refractivity contribution >= 4 is 0 Å². The van der Waals surface area contributed by atoms with Gasteiger partial charge in [-0.05, 0) is 27.7 Å². The van der Waals surface area contributed by atoms with Gasteiger partial charge in [0, 0.05) is 25.2 Å². The van der Waals surface area contributed by atoms with Crippen LogP contribution in [0.15, 0.2) is 0 Å². The molecule has 1 fully saturated rings. The maximum atomic E-state index is 13.6. The van der Waals surface area contributed by atoms with E-state index in [2.05, 4.69) is 0 Å². The Labute approximate surface area is 91.2 Å². The molecule has 0 aromatic carbocycles. The summed E-state index contributed by atoms with van der Waals surface area (Å²) in [7, 11) is 0. The van der Waals surface area contributed by atoms with Crippen LogP contribution in [0.2, 0.25) is 0 Å². The second kappa shape index (κ2) is 4.74. The summed E-state index contributed by atoms with van der Waals surface area (Å²) in [6.45, 7) is 9.17. The number of nitrogens with zero attached hydrogens (tertiary/aromatic N) is 2. The zero-order valence-electron chi connectivity index (χ0n) is 10.1. The first kappa shape index (κ1) is 12.8. The third-order valence-electron chi connectivity index (χ3n) is 3.00. The second-order valence-electron chi connectivity index (χ2n) is 4.98. The van der Waals surface area contributed by atoms with Gasteiger partial charge in [0.15, 0.2) is 0 Å². The van der Waals surface area contributed by atoms with Crippen LogP contribution in [-0.2, 0) is 0 Å². The summed E-state index contributed by atoms with van der Waals surface area (Å²) >= 11 is 0. The lowest BCUT2D eigenvalue weighted by Gasteiger charge is -2.27. The van der Waals surface area contributed by atoms with Crippen molar-refractivity contribution in [1.82, 2.24) is 9.80 Å². The summed E-state index contributed by atoms with van der Waals surface area (Å²) in [5.41, 5.74) is 0. The van der Waals surface area contributed by atoms with Crippen molar-refractivity contribution in [2.45, 2.75) is 45.7 Å². The molecule has 0 aromatic rings. The molecule has 0 spiro atoms. The first-order chi connectivity index (χ1) is 6.82. The molecule has 0 amide bonds. The maximum Gasteiger partial charge on any atom is 0.272 e. The highest BCUT2D eigenvalue weighted by Gasteiger charge is 2.38. The molecule has 0 bridgehead atoms. The Morgan fingerprint density at radius 1 is 0.867 bits per heavy atom. The first-order valence-electron chi connectivity index (χ1n) is 5.68. The Morgan fingerprint density at radius 2 is 1.20 bits per heavy atom. The first-order valence-corrected chi connectivity index (χ1v) is 5.68. The Hall–Kier alpha value is -0.220. The minimum atomic E-state index is -2.58. The summed E-state index contributed by atoms with van der Waals surface area (Å²) in [6.07, 6.45) is 0. The lowest BCUT2D eigenvalue weighted by atomic mass is 10.2. The molecule has 0 unspecified atom stereocenters. The molecule has 1 aliphatic rings. The van der Waals surface area contributed by atoms with Gasteiger partial charge in [0.2, 0.25) is 0 Å². The van der Waals surface area contributed by atoms with Gasteiger partial charge in [-0.2, -0.15) is 0 Å². The van der Waals surface area contributed by atoms with E-state index in [1.165, 1.54) is 0 Å². The molecule has 0 N–H and O–H groups in total. The van der Waals surface area contributed by atoms with E-state index in [0.29, 0.717) is 0 Å². The van der Waals surface area contributed by atoms with Crippen LogP contribution in [0, 0.1) is 0 Å². The molecule has 2 nitrogen and oxygen atoms in total. The number of rotatable bonds is 2. The van der Waals surface area contributed by atoms with Crippen molar-refractivity contribution in [2.24, 2.45) is 0 Å². The summed E-state index contributed by atoms with van der Waals surface area (Å²) in [5, 5.41) is 0. The Morgan fingerprint density at radius 3 is 1.47 bits per heavy atom. The molecule has 15 heavy (non-hydrogen) atoms. The zero-order valence-corrected chi connectivity index (χ0v) is 10.1. The summed E-state index contributed by atoms with van der Waals surface area (Å²) in [6, 6.07) is 0.394. The Kier molecular flexibility index (Phi) is 4.06. The lowest BCUT2D eigenvalue weighted by Crippen LogP contribution is -2.42. The van der Waals surface area contributed by atoms with Gasteiger partial charge in [-0.3, -0.25) is 9.80 Å². The average molecular weight is 220 g/mol. The smallest absolute Gasteiger partial charge is 0.272 e. The molecule has 4 heteroatoms. The summed E-state index contributed by atoms with van der Waals surface area (Å²) < 4.78 is 27.2. The van der Waals surface area contributed by atoms with Crippen molar-refractivity contribution in [1.29, 1.82) is 0 Å². The van der Waals surface area contributed by atoms with Gasteiger partial charge in [0.25, 0.3) is 5.92 Å². The third kappa shape index (κ3) is 3.68. The minimum Gasteiger partial charge on any atom is -0.294 e. The molecule has 1 heterocycles. The van der Waals surface area contributed by atoms with E-state index in [4.69, 9.17) is 0 Å². The van der Waals surface area contributed by atoms with Crippen LogP contribution in [-0.4, -0.2) is 54.0 Å². The van der Waals surface area contributed by atoms with Crippen molar-refractivity contribution in [3.8, 4) is 0 Å². The van der Waals surface area contributed by atoms with Crippen LogP contribution >= 0.6 is 0 Å². The van der Waals surface area contributed by atoms with Gasteiger partial charge in [-0.15, -0.1) is 0 Å². The molecular weight excluding hydrogens is 198 g/mol. The van der Waals surface area contributed by atoms with E-state index in [1.54, 1.807) is 0 Å². The fourth-order valence-electron chi connectivity index (χ4n) is 1.94. The van der Waals surface area contributed by atoms with Crippen molar-refractivity contribution in [2.75, 3.05) is 26.2 Å². The SMILES string of the molecule is CC(C)N1CCN(C(C)C)CC(F)(F)C1. The fourth-order valence-corrected chi connectivity index (χ4v) is 1.94. The standard InChI is InChI=1S/C11H22F2N2/c1-9(2)14-5-6-15(10(3)4)8-11(12,13)7-14/h9-10H,5-8H2,1-4H3. The van der Waals surface area contributed by atoms with Gasteiger partial charge in [0.1, 0.15) is 0 Å². The van der Waals surface area contributed by atoms with Crippen molar-refractivity contribution < 1.29 is 8.78 Å². The maximum absolute atomic E-state index is 13.6.